The highest BCUT2D eigenvalue weighted by molar-refractivity contribution is 5.65. The van der Waals surface area contributed by atoms with Crippen molar-refractivity contribution in [2.24, 2.45) is 0 Å². The second kappa shape index (κ2) is 6.71. The van der Waals surface area contributed by atoms with Crippen LogP contribution >= 0.6 is 0 Å². The van der Waals surface area contributed by atoms with Gasteiger partial charge in [-0.1, -0.05) is 36.4 Å². The standard InChI is InChI=1S/C22H18F2N4/c23-18-10-3-1-6-14(18)12-15-7-5-9-17-20(15)27-22-25-13-26-28(22)21(17)16-8-2-4-11-19(16)24/h1-4,6,8,10-13,21H,5,7,9H2,(H,25,26,27)/b15-12+. The van der Waals surface area contributed by atoms with Gasteiger partial charge in [-0.25, -0.2) is 13.5 Å². The number of halogens is 2. The van der Waals surface area contributed by atoms with E-state index < -0.39 is 0 Å². The van der Waals surface area contributed by atoms with Crippen molar-refractivity contribution in [2.75, 3.05) is 5.32 Å². The predicted molar refractivity (Wildman–Crippen MR) is 103 cm³/mol. The molecular formula is C22H18F2N4. The SMILES string of the molecule is Fc1ccccc1/C=C1\CCCC2=C1Nc1ncnn1C2c1ccccc1F. The average molecular weight is 376 g/mol. The third-order valence-corrected chi connectivity index (χ3v) is 5.35. The van der Waals surface area contributed by atoms with Crippen LogP contribution in [-0.2, 0) is 0 Å². The van der Waals surface area contributed by atoms with Crippen molar-refractivity contribution in [1.82, 2.24) is 14.8 Å². The van der Waals surface area contributed by atoms with Gasteiger partial charge in [0.1, 0.15) is 24.0 Å². The number of fused-ring (bicyclic) bond motifs is 1. The Morgan fingerprint density at radius 3 is 2.61 bits per heavy atom. The highest BCUT2D eigenvalue weighted by Crippen LogP contribution is 2.44. The summed E-state index contributed by atoms with van der Waals surface area (Å²) in [6, 6.07) is 13.1. The number of aromatic nitrogens is 3. The van der Waals surface area contributed by atoms with Gasteiger partial charge >= 0.3 is 0 Å². The number of anilines is 1. The molecule has 0 saturated heterocycles. The summed E-state index contributed by atoms with van der Waals surface area (Å²) in [5.41, 5.74) is 4.07. The van der Waals surface area contributed by atoms with E-state index in [4.69, 9.17) is 0 Å². The Morgan fingerprint density at radius 1 is 1.00 bits per heavy atom. The number of hydrogen-bond donors (Lipinski definition) is 1. The van der Waals surface area contributed by atoms with Gasteiger partial charge in [0.05, 0.1) is 0 Å². The van der Waals surface area contributed by atoms with Gasteiger partial charge in [0.2, 0.25) is 5.95 Å². The molecule has 0 saturated carbocycles. The second-order valence-electron chi connectivity index (χ2n) is 7.02. The molecule has 1 aromatic heterocycles. The zero-order valence-electron chi connectivity index (χ0n) is 15.1. The molecule has 0 radical (unpaired) electrons. The van der Waals surface area contributed by atoms with Crippen LogP contribution in [-0.4, -0.2) is 14.8 Å². The lowest BCUT2D eigenvalue weighted by Gasteiger charge is -2.34. The van der Waals surface area contributed by atoms with Crippen molar-refractivity contribution in [3.63, 3.8) is 0 Å². The molecule has 0 amide bonds. The Bertz CT molecular complexity index is 1110. The van der Waals surface area contributed by atoms with E-state index in [9.17, 15) is 8.78 Å². The molecule has 2 aliphatic rings. The van der Waals surface area contributed by atoms with Crippen LogP contribution < -0.4 is 5.32 Å². The maximum absolute atomic E-state index is 14.7. The number of rotatable bonds is 2. The molecule has 3 aromatic rings. The molecule has 1 aliphatic carbocycles. The molecule has 5 rings (SSSR count). The summed E-state index contributed by atoms with van der Waals surface area (Å²) in [5.74, 6) is 0.0357. The molecule has 1 atom stereocenters. The molecule has 4 nitrogen and oxygen atoms in total. The van der Waals surface area contributed by atoms with Gasteiger partial charge in [0.15, 0.2) is 0 Å². The van der Waals surface area contributed by atoms with Gasteiger partial charge in [-0.2, -0.15) is 10.1 Å². The summed E-state index contributed by atoms with van der Waals surface area (Å²) in [7, 11) is 0. The molecule has 28 heavy (non-hydrogen) atoms. The van der Waals surface area contributed by atoms with Crippen molar-refractivity contribution in [2.45, 2.75) is 25.3 Å². The Hall–Kier alpha value is -3.28. The van der Waals surface area contributed by atoms with E-state index in [1.807, 2.05) is 18.2 Å². The fourth-order valence-corrected chi connectivity index (χ4v) is 4.09. The first-order valence-corrected chi connectivity index (χ1v) is 9.32. The van der Waals surface area contributed by atoms with E-state index in [0.29, 0.717) is 17.1 Å². The van der Waals surface area contributed by atoms with Crippen LogP contribution in [0.25, 0.3) is 6.08 Å². The smallest absolute Gasteiger partial charge is 0.226 e. The molecule has 140 valence electrons. The maximum atomic E-state index is 14.7. The Balaban J connectivity index is 1.68. The Morgan fingerprint density at radius 2 is 1.79 bits per heavy atom. The number of nitrogens with one attached hydrogen (secondary N) is 1. The van der Waals surface area contributed by atoms with Crippen LogP contribution in [0.15, 0.2) is 71.7 Å². The quantitative estimate of drug-likeness (QED) is 0.677. The summed E-state index contributed by atoms with van der Waals surface area (Å²) in [4.78, 5) is 4.30. The molecule has 1 N–H and O–H groups in total. The number of benzene rings is 2. The van der Waals surface area contributed by atoms with Crippen LogP contribution in [0.5, 0.6) is 0 Å². The van der Waals surface area contributed by atoms with Crippen LogP contribution in [0, 0.1) is 11.6 Å². The van der Waals surface area contributed by atoms with Crippen molar-refractivity contribution in [3.8, 4) is 0 Å². The lowest BCUT2D eigenvalue weighted by molar-refractivity contribution is 0.507. The van der Waals surface area contributed by atoms with Gasteiger partial charge in [-0.15, -0.1) is 0 Å². The van der Waals surface area contributed by atoms with Crippen LogP contribution in [0.3, 0.4) is 0 Å². The summed E-state index contributed by atoms with van der Waals surface area (Å²) < 4.78 is 30.6. The van der Waals surface area contributed by atoms with Gasteiger partial charge in [-0.05, 0) is 48.6 Å². The highest BCUT2D eigenvalue weighted by atomic mass is 19.1. The summed E-state index contributed by atoms with van der Waals surface area (Å²) in [5, 5.41) is 7.68. The first kappa shape index (κ1) is 16.9. The van der Waals surface area contributed by atoms with Crippen molar-refractivity contribution >= 4 is 12.0 Å². The fraction of sp³-hybridized carbons (Fsp3) is 0.182. The minimum absolute atomic E-state index is 0.257. The topological polar surface area (TPSA) is 42.7 Å². The van der Waals surface area contributed by atoms with E-state index in [1.54, 1.807) is 28.9 Å². The lowest BCUT2D eigenvalue weighted by atomic mass is 9.83. The zero-order chi connectivity index (χ0) is 19.1. The molecule has 0 spiro atoms. The van der Waals surface area contributed by atoms with E-state index in [2.05, 4.69) is 15.4 Å². The van der Waals surface area contributed by atoms with Crippen LogP contribution in [0.4, 0.5) is 14.7 Å². The number of allylic oxidation sites excluding steroid dienone is 2. The predicted octanol–water partition coefficient (Wildman–Crippen LogP) is 5.09. The monoisotopic (exact) mass is 376 g/mol. The van der Waals surface area contributed by atoms with Gasteiger partial charge in [0.25, 0.3) is 0 Å². The van der Waals surface area contributed by atoms with E-state index in [1.165, 1.54) is 18.5 Å². The van der Waals surface area contributed by atoms with E-state index in [0.717, 1.165) is 36.1 Å². The molecule has 1 aliphatic heterocycles. The van der Waals surface area contributed by atoms with E-state index in [-0.39, 0.29) is 17.7 Å². The molecule has 0 fully saturated rings. The van der Waals surface area contributed by atoms with Gasteiger partial charge < -0.3 is 5.32 Å². The zero-order valence-corrected chi connectivity index (χ0v) is 15.1. The second-order valence-corrected chi connectivity index (χ2v) is 7.02. The first-order valence-electron chi connectivity index (χ1n) is 9.32. The van der Waals surface area contributed by atoms with Crippen molar-refractivity contribution in [3.05, 3.63) is 94.5 Å². The maximum Gasteiger partial charge on any atom is 0.226 e. The van der Waals surface area contributed by atoms with Gasteiger partial charge in [0, 0.05) is 16.8 Å². The molecular weight excluding hydrogens is 358 g/mol. The highest BCUT2D eigenvalue weighted by Gasteiger charge is 2.34. The molecule has 1 unspecified atom stereocenters. The van der Waals surface area contributed by atoms with Crippen molar-refractivity contribution in [1.29, 1.82) is 0 Å². The Labute approximate surface area is 161 Å². The van der Waals surface area contributed by atoms with Crippen molar-refractivity contribution < 1.29 is 8.78 Å². The normalized spacial score (nSPS) is 19.9. The minimum Gasteiger partial charge on any atom is -0.324 e. The van der Waals surface area contributed by atoms with Gasteiger partial charge in [-0.3, -0.25) is 0 Å². The number of nitrogens with zero attached hydrogens (tertiary/aromatic N) is 3. The third-order valence-electron chi connectivity index (χ3n) is 5.35. The first-order chi connectivity index (χ1) is 13.7. The number of hydrogen-bond acceptors (Lipinski definition) is 3. The summed E-state index contributed by atoms with van der Waals surface area (Å²) in [6.07, 6.45) is 5.89. The molecule has 2 aromatic carbocycles. The molecule has 6 heteroatoms. The van der Waals surface area contributed by atoms with E-state index >= 15 is 0 Å². The molecule has 0 bridgehead atoms. The summed E-state index contributed by atoms with van der Waals surface area (Å²) in [6.45, 7) is 0. The van der Waals surface area contributed by atoms with Crippen LogP contribution in [0.1, 0.15) is 36.4 Å². The van der Waals surface area contributed by atoms with Crippen LogP contribution in [0.2, 0.25) is 0 Å². The third kappa shape index (κ3) is 2.72. The molecule has 2 heterocycles. The fourth-order valence-electron chi connectivity index (χ4n) is 4.09. The summed E-state index contributed by atoms with van der Waals surface area (Å²) >= 11 is 0. The average Bonchev–Trinajstić information content (AvgIpc) is 3.17. The largest absolute Gasteiger partial charge is 0.324 e. The Kier molecular flexibility index (Phi) is 4.04. The minimum atomic E-state index is -0.362. The lowest BCUT2D eigenvalue weighted by Crippen LogP contribution is -2.28.